The maximum atomic E-state index is 11.7. The number of hydrogen-bond acceptors (Lipinski definition) is 3. The van der Waals surface area contributed by atoms with Crippen molar-refractivity contribution in [1.29, 1.82) is 0 Å². The van der Waals surface area contributed by atoms with E-state index < -0.39 is 0 Å². The van der Waals surface area contributed by atoms with Gasteiger partial charge in [-0.15, -0.1) is 0 Å². The van der Waals surface area contributed by atoms with Crippen LogP contribution < -0.4 is 20.1 Å². The maximum Gasteiger partial charge on any atom is 0.315 e. The molecule has 2 rings (SSSR count). The summed E-state index contributed by atoms with van der Waals surface area (Å²) in [4.78, 5) is 11.7. The van der Waals surface area contributed by atoms with Crippen molar-refractivity contribution in [3.05, 3.63) is 24.3 Å². The van der Waals surface area contributed by atoms with Gasteiger partial charge in [-0.25, -0.2) is 4.79 Å². The van der Waals surface area contributed by atoms with Crippen LogP contribution in [-0.2, 0) is 0 Å². The van der Waals surface area contributed by atoms with E-state index in [0.717, 1.165) is 24.3 Å². The van der Waals surface area contributed by atoms with Gasteiger partial charge in [-0.3, -0.25) is 0 Å². The zero-order chi connectivity index (χ0) is 15.6. The summed E-state index contributed by atoms with van der Waals surface area (Å²) in [5, 5.41) is 5.85. The molecule has 0 bridgehead atoms. The quantitative estimate of drug-likeness (QED) is 0.761. The molecule has 0 spiro atoms. The summed E-state index contributed by atoms with van der Waals surface area (Å²) in [5.74, 6) is 1.61. The number of carbonyl (C=O) groups is 1. The number of nitrogens with one attached hydrogen (secondary N) is 2. The normalized spacial score (nSPS) is 15.1. The highest BCUT2D eigenvalue weighted by atomic mass is 16.5. The predicted molar refractivity (Wildman–Crippen MR) is 86.5 cm³/mol. The highest BCUT2D eigenvalue weighted by Crippen LogP contribution is 2.18. The van der Waals surface area contributed by atoms with Gasteiger partial charge in [0.05, 0.1) is 13.2 Å². The van der Waals surface area contributed by atoms with Crippen molar-refractivity contribution in [1.82, 2.24) is 10.6 Å². The zero-order valence-electron chi connectivity index (χ0n) is 13.3. The third-order valence-corrected chi connectivity index (χ3v) is 3.73. The Balaban J connectivity index is 1.58. The van der Waals surface area contributed by atoms with Crippen LogP contribution in [0.2, 0.25) is 0 Å². The monoisotopic (exact) mass is 306 g/mol. The summed E-state index contributed by atoms with van der Waals surface area (Å²) in [6, 6.07) is 7.73. The second-order valence-corrected chi connectivity index (χ2v) is 5.49. The van der Waals surface area contributed by atoms with Gasteiger partial charge in [0.2, 0.25) is 0 Å². The molecule has 1 saturated carbocycles. The van der Waals surface area contributed by atoms with Crippen molar-refractivity contribution in [2.24, 2.45) is 0 Å². The van der Waals surface area contributed by atoms with Gasteiger partial charge in [0.15, 0.2) is 0 Å². The number of hydrogen-bond donors (Lipinski definition) is 2. The van der Waals surface area contributed by atoms with Crippen LogP contribution in [0.3, 0.4) is 0 Å². The standard InChI is InChI=1S/C17H26N2O3/c1-2-21-15-8-10-16(11-9-15)22-13-12-18-17(20)19-14-6-4-3-5-7-14/h8-11,14H,2-7,12-13H2,1H3,(H2,18,19,20). The minimum atomic E-state index is -0.0952. The smallest absolute Gasteiger partial charge is 0.315 e. The molecule has 2 amide bonds. The first-order valence-corrected chi connectivity index (χ1v) is 8.18. The Hall–Kier alpha value is -1.91. The lowest BCUT2D eigenvalue weighted by Gasteiger charge is -2.22. The van der Waals surface area contributed by atoms with Gasteiger partial charge in [-0.2, -0.15) is 0 Å². The average molecular weight is 306 g/mol. The van der Waals surface area contributed by atoms with Crippen molar-refractivity contribution >= 4 is 6.03 Å². The van der Waals surface area contributed by atoms with Gasteiger partial charge in [0, 0.05) is 6.04 Å². The second kappa shape index (κ2) is 9.18. The number of ether oxygens (including phenoxy) is 2. The molecule has 1 aromatic carbocycles. The fraction of sp³-hybridized carbons (Fsp3) is 0.588. The number of benzene rings is 1. The van der Waals surface area contributed by atoms with E-state index in [0.29, 0.717) is 25.8 Å². The third kappa shape index (κ3) is 5.84. The first kappa shape index (κ1) is 16.5. The van der Waals surface area contributed by atoms with Gasteiger partial charge in [0.25, 0.3) is 0 Å². The molecular weight excluding hydrogens is 280 g/mol. The molecule has 1 aliphatic carbocycles. The van der Waals surface area contributed by atoms with Gasteiger partial charge in [-0.05, 0) is 44.0 Å². The molecule has 0 saturated heterocycles. The number of rotatable bonds is 7. The largest absolute Gasteiger partial charge is 0.494 e. The Morgan fingerprint density at radius 3 is 2.36 bits per heavy atom. The van der Waals surface area contributed by atoms with Crippen molar-refractivity contribution in [2.75, 3.05) is 19.8 Å². The average Bonchev–Trinajstić information content (AvgIpc) is 2.54. The maximum absolute atomic E-state index is 11.7. The van der Waals surface area contributed by atoms with Gasteiger partial charge in [0.1, 0.15) is 18.1 Å². The molecule has 0 heterocycles. The van der Waals surface area contributed by atoms with Crippen LogP contribution in [0, 0.1) is 0 Å². The van der Waals surface area contributed by atoms with Crippen molar-refractivity contribution in [3.8, 4) is 11.5 Å². The van der Waals surface area contributed by atoms with Crippen molar-refractivity contribution in [2.45, 2.75) is 45.1 Å². The minimum Gasteiger partial charge on any atom is -0.494 e. The first-order valence-electron chi connectivity index (χ1n) is 8.18. The molecule has 5 heteroatoms. The van der Waals surface area contributed by atoms with E-state index in [1.54, 1.807) is 0 Å². The van der Waals surface area contributed by atoms with Crippen LogP contribution in [0.15, 0.2) is 24.3 Å². The summed E-state index contributed by atoms with van der Waals surface area (Å²) in [6.45, 7) is 3.55. The molecular formula is C17H26N2O3. The highest BCUT2D eigenvalue weighted by Gasteiger charge is 2.14. The molecule has 0 aliphatic heterocycles. The third-order valence-electron chi connectivity index (χ3n) is 3.73. The molecule has 1 aliphatic rings. The molecule has 0 aromatic heterocycles. The molecule has 0 unspecified atom stereocenters. The number of urea groups is 1. The molecule has 1 fully saturated rings. The molecule has 22 heavy (non-hydrogen) atoms. The Morgan fingerprint density at radius 2 is 1.73 bits per heavy atom. The van der Waals surface area contributed by atoms with E-state index in [1.807, 2.05) is 31.2 Å². The van der Waals surface area contributed by atoms with Crippen LogP contribution in [0.1, 0.15) is 39.0 Å². The lowest BCUT2D eigenvalue weighted by atomic mass is 9.96. The molecule has 1 aromatic rings. The van der Waals surface area contributed by atoms with Crippen LogP contribution in [-0.4, -0.2) is 31.8 Å². The number of amides is 2. The van der Waals surface area contributed by atoms with Crippen molar-refractivity contribution in [3.63, 3.8) is 0 Å². The fourth-order valence-corrected chi connectivity index (χ4v) is 2.62. The Labute approximate surface area is 132 Å². The Morgan fingerprint density at radius 1 is 1.09 bits per heavy atom. The lowest BCUT2D eigenvalue weighted by molar-refractivity contribution is 0.228. The van der Waals surface area contributed by atoms with Crippen LogP contribution >= 0.6 is 0 Å². The molecule has 2 N–H and O–H groups in total. The van der Waals surface area contributed by atoms with E-state index in [1.165, 1.54) is 19.3 Å². The second-order valence-electron chi connectivity index (χ2n) is 5.49. The predicted octanol–water partition coefficient (Wildman–Crippen LogP) is 3.10. The number of carbonyl (C=O) groups excluding carboxylic acids is 1. The summed E-state index contributed by atoms with van der Waals surface area (Å²) < 4.78 is 11.0. The Kier molecular flexibility index (Phi) is 6.87. The molecule has 5 nitrogen and oxygen atoms in total. The Bertz CT molecular complexity index is 442. The molecule has 0 radical (unpaired) electrons. The van der Waals surface area contributed by atoms with E-state index in [-0.39, 0.29) is 6.03 Å². The minimum absolute atomic E-state index is 0.0952. The summed E-state index contributed by atoms with van der Waals surface area (Å²) in [5.41, 5.74) is 0. The van der Waals surface area contributed by atoms with Crippen molar-refractivity contribution < 1.29 is 14.3 Å². The first-order chi connectivity index (χ1) is 10.8. The molecule has 0 atom stereocenters. The topological polar surface area (TPSA) is 59.6 Å². The summed E-state index contributed by atoms with van der Waals surface area (Å²) >= 11 is 0. The van der Waals surface area contributed by atoms with Crippen LogP contribution in [0.25, 0.3) is 0 Å². The molecule has 122 valence electrons. The van der Waals surface area contributed by atoms with Gasteiger partial charge >= 0.3 is 6.03 Å². The van der Waals surface area contributed by atoms with Crippen LogP contribution in [0.5, 0.6) is 11.5 Å². The highest BCUT2D eigenvalue weighted by molar-refractivity contribution is 5.74. The van der Waals surface area contributed by atoms with E-state index in [4.69, 9.17) is 9.47 Å². The lowest BCUT2D eigenvalue weighted by Crippen LogP contribution is -2.44. The summed E-state index contributed by atoms with van der Waals surface area (Å²) in [7, 11) is 0. The van der Waals surface area contributed by atoms with Gasteiger partial charge in [-0.1, -0.05) is 19.3 Å². The van der Waals surface area contributed by atoms with Gasteiger partial charge < -0.3 is 20.1 Å². The van der Waals surface area contributed by atoms with Crippen LogP contribution in [0.4, 0.5) is 4.79 Å². The van der Waals surface area contributed by atoms with E-state index in [2.05, 4.69) is 10.6 Å². The SMILES string of the molecule is CCOc1ccc(OCCNC(=O)NC2CCCCC2)cc1. The summed E-state index contributed by atoms with van der Waals surface area (Å²) in [6.07, 6.45) is 5.90. The fourth-order valence-electron chi connectivity index (χ4n) is 2.62. The zero-order valence-corrected chi connectivity index (χ0v) is 13.3. The van der Waals surface area contributed by atoms with E-state index >= 15 is 0 Å². The van der Waals surface area contributed by atoms with E-state index in [9.17, 15) is 4.79 Å².